The van der Waals surface area contributed by atoms with Crippen LogP contribution in [0, 0.1) is 96.9 Å². The second-order valence-corrected chi connectivity index (χ2v) is 28.3. The number of aryl methyl sites for hydroxylation is 14. The summed E-state index contributed by atoms with van der Waals surface area (Å²) >= 11 is 0. The number of hydrogen-bond donors (Lipinski definition) is 0. The van der Waals surface area contributed by atoms with Crippen LogP contribution in [0.2, 0.25) is 0 Å². The number of benzene rings is 12. The molecule has 12 rings (SSSR count). The molecule has 0 nitrogen and oxygen atoms in total. The highest BCUT2D eigenvalue weighted by Crippen LogP contribution is 2.28. The predicted octanol–water partition coefficient (Wildman–Crippen LogP) is 21.4. The quantitative estimate of drug-likeness (QED) is 0.146. The van der Waals surface area contributed by atoms with Gasteiger partial charge in [0.25, 0.3) is 0 Å². The first-order valence-corrected chi connectivity index (χ1v) is 34.9. The first kappa shape index (κ1) is 72.6. The van der Waals surface area contributed by atoms with Gasteiger partial charge in [-0.25, -0.2) is 0 Å². The summed E-state index contributed by atoms with van der Waals surface area (Å²) < 4.78 is 0. The molecule has 0 saturated carbocycles. The van der Waals surface area contributed by atoms with E-state index in [0.29, 0.717) is 0 Å². The summed E-state index contributed by atoms with van der Waals surface area (Å²) in [6, 6.07) is 87.1. The summed E-state index contributed by atoms with van der Waals surface area (Å²) in [5.41, 5.74) is 34.2. The normalized spacial score (nSPS) is 10.4. The Labute approximate surface area is 567 Å². The second-order valence-electron chi connectivity index (χ2n) is 24.5. The minimum absolute atomic E-state index is 1.22. The van der Waals surface area contributed by atoms with Crippen LogP contribution in [0.4, 0.5) is 0 Å². The molecule has 0 aliphatic carbocycles. The molecule has 12 aromatic rings. The van der Waals surface area contributed by atoms with Crippen LogP contribution in [0.5, 0.6) is 0 Å². The fourth-order valence-corrected chi connectivity index (χ4v) is 11.6. The van der Waals surface area contributed by atoms with Gasteiger partial charge in [0.15, 0.2) is 0 Å². The molecule has 92 heavy (non-hydrogen) atoms. The highest BCUT2D eigenvalue weighted by Gasteiger charge is 2.07. The number of rotatable bonds is 6. The van der Waals surface area contributed by atoms with Crippen molar-refractivity contribution in [2.24, 2.45) is 0 Å². The summed E-state index contributed by atoms with van der Waals surface area (Å²) in [6.07, 6.45) is 0. The van der Waals surface area contributed by atoms with Gasteiger partial charge in [-0.3, -0.25) is 0 Å². The summed E-state index contributed by atoms with van der Waals surface area (Å²) in [4.78, 5) is 0. The first-order chi connectivity index (χ1) is 43.8. The molecule has 468 valence electrons. The van der Waals surface area contributed by atoms with Crippen LogP contribution in [0.1, 0.15) is 77.9 Å². The molecule has 0 heterocycles. The van der Waals surface area contributed by atoms with E-state index in [1.165, 1.54) is 176 Å². The van der Waals surface area contributed by atoms with Crippen molar-refractivity contribution in [2.45, 2.75) is 96.9 Å². The maximum atomic E-state index is 2.76. The lowest BCUT2D eigenvalue weighted by Crippen LogP contribution is -1.96. The zero-order valence-corrected chi connectivity index (χ0v) is 63.5. The van der Waals surface area contributed by atoms with Crippen molar-refractivity contribution in [3.63, 3.8) is 0 Å². The van der Waals surface area contributed by atoms with Crippen LogP contribution in [0.15, 0.2) is 243 Å². The predicted molar refractivity (Wildman–Crippen MR) is 434 cm³/mol. The van der Waals surface area contributed by atoms with E-state index in [9.17, 15) is 0 Å². The van der Waals surface area contributed by atoms with Crippen molar-refractivity contribution < 1.29 is 0 Å². The third kappa shape index (κ3) is 21.6. The van der Waals surface area contributed by atoms with Crippen molar-refractivity contribution in [3.8, 4) is 66.8 Å². The van der Waals surface area contributed by atoms with Gasteiger partial charge >= 0.3 is 0 Å². The van der Waals surface area contributed by atoms with Gasteiger partial charge in [-0.1, -0.05) is 259 Å². The molecule has 6 atom stereocenters. The van der Waals surface area contributed by atoms with E-state index in [2.05, 4.69) is 395 Å². The monoisotopic (exact) mass is 1310 g/mol. The largest absolute Gasteiger partial charge is 0.106 e. The Bertz CT molecular complexity index is 4020. The molecule has 6 unspecified atom stereocenters. The third-order valence-electron chi connectivity index (χ3n) is 16.8. The van der Waals surface area contributed by atoms with Gasteiger partial charge in [-0.05, 0) is 257 Å². The summed E-state index contributed by atoms with van der Waals surface area (Å²) in [6.45, 7) is 30.0. The molecule has 0 radical (unpaired) electrons. The molecule has 0 fully saturated rings. The molecule has 0 bridgehead atoms. The van der Waals surface area contributed by atoms with Crippen LogP contribution >= 0.6 is 55.4 Å². The Balaban J connectivity index is 0.000000157. The van der Waals surface area contributed by atoms with Crippen molar-refractivity contribution in [2.75, 3.05) is 0 Å². The minimum Gasteiger partial charge on any atom is -0.106 e. The maximum absolute atomic E-state index is 2.76. The zero-order valence-electron chi connectivity index (χ0n) is 56.6. The van der Waals surface area contributed by atoms with Crippen LogP contribution in [-0.4, -0.2) is 0 Å². The molecule has 0 N–H and O–H groups in total. The van der Waals surface area contributed by atoms with Crippen molar-refractivity contribution in [3.05, 3.63) is 321 Å². The van der Waals surface area contributed by atoms with E-state index in [1.807, 2.05) is 0 Å². The fourth-order valence-electron chi connectivity index (χ4n) is 10.3. The molecule has 0 aromatic heterocycles. The molecule has 0 amide bonds. The average Bonchev–Trinajstić information content (AvgIpc) is 1.08. The summed E-state index contributed by atoms with van der Waals surface area (Å²) in [5.74, 6) is 0. The average molecular weight is 1310 g/mol. The first-order valence-electron chi connectivity index (χ1n) is 31.4. The molecular formula is C86H94P6. The Kier molecular flexibility index (Phi) is 27.6. The highest BCUT2D eigenvalue weighted by molar-refractivity contribution is 7.28. The van der Waals surface area contributed by atoms with Crippen molar-refractivity contribution in [1.29, 1.82) is 0 Å². The van der Waals surface area contributed by atoms with Crippen LogP contribution < -0.4 is 31.8 Å². The topological polar surface area (TPSA) is 0 Å². The standard InChI is InChI=1S/2C15H17P.4C14H15P/c2*1-10-4-5-13(8-11(10)2)14-6-7-15(16)12(3)9-14;1-10-3-8-14(11(2)9-10)12-4-6-13(15)7-5-12;1-10-3-5-12(6-4-10)14-8-7-13(15)9-11(14)2;1-10-3-5-12(6-4-10)13-7-8-14(15)11(2)9-13;1-10-3-4-13(9-11(10)2)12-5-7-14(15)8-6-12/h2*4-9H,16H2,1-3H3;4*3-9H,15H2,1-2H3. The molecule has 12 aromatic carbocycles. The molecule has 0 saturated heterocycles. The van der Waals surface area contributed by atoms with Gasteiger partial charge in [0.1, 0.15) is 0 Å². The van der Waals surface area contributed by atoms with E-state index >= 15 is 0 Å². The van der Waals surface area contributed by atoms with E-state index in [-0.39, 0.29) is 0 Å². The zero-order chi connectivity index (χ0) is 66.8. The molecule has 0 aliphatic heterocycles. The fraction of sp³-hybridized carbons (Fsp3) is 0.163. The van der Waals surface area contributed by atoms with E-state index in [4.69, 9.17) is 0 Å². The van der Waals surface area contributed by atoms with Crippen LogP contribution in [0.25, 0.3) is 66.8 Å². The Morgan fingerprint density at radius 2 is 0.391 bits per heavy atom. The maximum Gasteiger partial charge on any atom is -0.0154 e. The lowest BCUT2D eigenvalue weighted by Gasteiger charge is -2.07. The summed E-state index contributed by atoms with van der Waals surface area (Å²) in [5, 5.41) is 7.50. The highest BCUT2D eigenvalue weighted by atomic mass is 31.0. The Morgan fingerprint density at radius 3 is 0.707 bits per heavy atom. The minimum atomic E-state index is 1.22. The summed E-state index contributed by atoms with van der Waals surface area (Å²) in [7, 11) is 16.4. The SMILES string of the molecule is Cc1ccc(-c2ccc(P)c(C)c2)cc1.Cc1ccc(-c2ccc(P)c(C)c2)cc1C.Cc1ccc(-c2ccc(P)c(C)c2)cc1C.Cc1ccc(-c2ccc(P)cc2)c(C)c1.Cc1ccc(-c2ccc(P)cc2)cc1C.Cc1ccc(-c2ccc(P)cc2C)cc1. The van der Waals surface area contributed by atoms with Gasteiger partial charge in [0, 0.05) is 0 Å². The van der Waals surface area contributed by atoms with E-state index in [0.717, 1.165) is 0 Å². The lowest BCUT2D eigenvalue weighted by atomic mass is 9.99. The molecular weight excluding hydrogens is 1220 g/mol. The van der Waals surface area contributed by atoms with Gasteiger partial charge < -0.3 is 0 Å². The van der Waals surface area contributed by atoms with Gasteiger partial charge in [0.05, 0.1) is 0 Å². The van der Waals surface area contributed by atoms with Crippen molar-refractivity contribution in [1.82, 2.24) is 0 Å². The van der Waals surface area contributed by atoms with E-state index < -0.39 is 0 Å². The number of hydrogen-bond acceptors (Lipinski definition) is 0. The van der Waals surface area contributed by atoms with Gasteiger partial charge in [0.2, 0.25) is 0 Å². The van der Waals surface area contributed by atoms with Gasteiger partial charge in [-0.2, -0.15) is 0 Å². The lowest BCUT2D eigenvalue weighted by molar-refractivity contribution is 1.34. The third-order valence-corrected chi connectivity index (χ3v) is 19.9. The molecule has 0 spiro atoms. The second kappa shape index (κ2) is 34.9. The van der Waals surface area contributed by atoms with Crippen molar-refractivity contribution >= 4 is 87.3 Å². The molecule has 0 aliphatic rings. The van der Waals surface area contributed by atoms with Gasteiger partial charge in [-0.15, -0.1) is 55.4 Å². The van der Waals surface area contributed by atoms with Crippen LogP contribution in [0.3, 0.4) is 0 Å². The molecule has 6 heteroatoms. The smallest absolute Gasteiger partial charge is 0.0154 e. The Morgan fingerprint density at radius 1 is 0.152 bits per heavy atom. The van der Waals surface area contributed by atoms with Crippen LogP contribution in [-0.2, 0) is 0 Å². The Hall–Kier alpha value is -6.78. The van der Waals surface area contributed by atoms with E-state index in [1.54, 1.807) is 0 Å².